The molecule has 30 heavy (non-hydrogen) atoms. The molecule has 1 aliphatic heterocycles. The van der Waals surface area contributed by atoms with Crippen molar-refractivity contribution in [2.24, 2.45) is 0 Å². The maximum absolute atomic E-state index is 12.4. The highest BCUT2D eigenvalue weighted by Crippen LogP contribution is 2.24. The van der Waals surface area contributed by atoms with Crippen molar-refractivity contribution in [1.29, 1.82) is 0 Å². The zero-order valence-corrected chi connectivity index (χ0v) is 17.2. The molecule has 3 rings (SSSR count). The van der Waals surface area contributed by atoms with Crippen LogP contribution in [0.5, 0.6) is 0 Å². The number of urea groups is 1. The van der Waals surface area contributed by atoms with Crippen molar-refractivity contribution in [1.82, 2.24) is 20.7 Å². The zero-order valence-electron chi connectivity index (χ0n) is 16.5. The predicted octanol–water partition coefficient (Wildman–Crippen LogP) is 1.49. The van der Waals surface area contributed by atoms with Crippen LogP contribution in [0.4, 0.5) is 10.5 Å². The van der Waals surface area contributed by atoms with Crippen molar-refractivity contribution in [2.75, 3.05) is 31.1 Å². The van der Waals surface area contributed by atoms with E-state index in [0.717, 1.165) is 16.8 Å². The molecule has 2 heterocycles. The van der Waals surface area contributed by atoms with Gasteiger partial charge < -0.3 is 20.2 Å². The Hall–Kier alpha value is -2.88. The number of aromatic nitrogens is 1. The van der Waals surface area contributed by atoms with Crippen LogP contribution in [-0.2, 0) is 4.79 Å². The van der Waals surface area contributed by atoms with Gasteiger partial charge in [0.1, 0.15) is 11.2 Å². The van der Waals surface area contributed by atoms with Crippen molar-refractivity contribution in [3.05, 3.63) is 47.7 Å². The highest BCUT2D eigenvalue weighted by atomic mass is 35.5. The van der Waals surface area contributed by atoms with E-state index in [1.54, 1.807) is 17.2 Å². The lowest BCUT2D eigenvalue weighted by molar-refractivity contribution is -0.133. The smallest absolute Gasteiger partial charge is 0.318 e. The molecule has 4 N–H and O–H groups in total. The van der Waals surface area contributed by atoms with Crippen LogP contribution < -0.4 is 15.7 Å². The number of rotatable bonds is 5. The Morgan fingerprint density at radius 2 is 1.70 bits per heavy atom. The summed E-state index contributed by atoms with van der Waals surface area (Å²) in [5.74, 6) is -0.868. The Labute approximate surface area is 179 Å². The van der Waals surface area contributed by atoms with Crippen LogP contribution in [0.3, 0.4) is 0 Å². The van der Waals surface area contributed by atoms with Crippen molar-refractivity contribution in [2.45, 2.75) is 19.1 Å². The molecule has 10 heteroatoms. The molecule has 0 bridgehead atoms. The number of carbonyl (C=O) groups excluding carboxylic acids is 2. The Morgan fingerprint density at radius 1 is 1.07 bits per heavy atom. The minimum absolute atomic E-state index is 0.453. The molecule has 0 radical (unpaired) electrons. The number of benzene rings is 1. The first kappa shape index (κ1) is 21.8. The van der Waals surface area contributed by atoms with E-state index < -0.39 is 24.1 Å². The quantitative estimate of drug-likeness (QED) is 0.322. The van der Waals surface area contributed by atoms with Crippen LogP contribution in [0.25, 0.3) is 11.1 Å². The number of aliphatic hydroxyl groups is 1. The van der Waals surface area contributed by atoms with Gasteiger partial charge in [0.15, 0.2) is 0 Å². The van der Waals surface area contributed by atoms with Crippen molar-refractivity contribution >= 4 is 29.2 Å². The average Bonchev–Trinajstić information content (AvgIpc) is 2.77. The molecular formula is C20H24ClN5O4. The van der Waals surface area contributed by atoms with Gasteiger partial charge in [0.2, 0.25) is 0 Å². The van der Waals surface area contributed by atoms with E-state index in [2.05, 4.69) is 15.2 Å². The van der Waals surface area contributed by atoms with Gasteiger partial charge in [-0.25, -0.2) is 15.3 Å². The van der Waals surface area contributed by atoms with E-state index in [1.165, 1.54) is 12.4 Å². The maximum Gasteiger partial charge on any atom is 0.318 e. The Morgan fingerprint density at radius 3 is 2.23 bits per heavy atom. The third-order valence-corrected chi connectivity index (χ3v) is 5.24. The number of amides is 3. The van der Waals surface area contributed by atoms with Gasteiger partial charge in [-0.15, -0.1) is 0 Å². The Kier molecular flexibility index (Phi) is 7.09. The van der Waals surface area contributed by atoms with Gasteiger partial charge in [0.05, 0.1) is 6.10 Å². The van der Waals surface area contributed by atoms with Crippen molar-refractivity contribution < 1.29 is 19.9 Å². The van der Waals surface area contributed by atoms with Crippen LogP contribution in [0.1, 0.15) is 6.92 Å². The second kappa shape index (κ2) is 9.75. The molecule has 0 aliphatic carbocycles. The number of nitrogens with zero attached hydrogens (tertiary/aromatic N) is 3. The summed E-state index contributed by atoms with van der Waals surface area (Å²) in [6.07, 6.45) is 0.587. The van der Waals surface area contributed by atoms with E-state index in [1.807, 2.05) is 30.3 Å². The summed E-state index contributed by atoms with van der Waals surface area (Å²) >= 11 is 5.83. The number of hydrogen-bond acceptors (Lipinski definition) is 6. The lowest BCUT2D eigenvalue weighted by Gasteiger charge is -2.36. The molecule has 3 amide bonds. The molecule has 1 saturated heterocycles. The number of hydroxylamine groups is 1. The van der Waals surface area contributed by atoms with Gasteiger partial charge >= 0.3 is 6.03 Å². The van der Waals surface area contributed by atoms with Gasteiger partial charge in [-0.1, -0.05) is 23.7 Å². The van der Waals surface area contributed by atoms with Crippen LogP contribution in [0.2, 0.25) is 5.15 Å². The topological polar surface area (TPSA) is 118 Å². The Bertz CT molecular complexity index is 868. The summed E-state index contributed by atoms with van der Waals surface area (Å²) in [5.41, 5.74) is 4.51. The van der Waals surface area contributed by atoms with Gasteiger partial charge in [-0.3, -0.25) is 10.0 Å². The number of pyridine rings is 1. The second-order valence-corrected chi connectivity index (χ2v) is 7.42. The predicted molar refractivity (Wildman–Crippen MR) is 112 cm³/mol. The normalized spacial score (nSPS) is 16.0. The first-order valence-corrected chi connectivity index (χ1v) is 9.91. The lowest BCUT2D eigenvalue weighted by atomic mass is 10.1. The summed E-state index contributed by atoms with van der Waals surface area (Å²) in [4.78, 5) is 31.8. The number of halogens is 1. The average molecular weight is 434 g/mol. The number of nitrogens with one attached hydrogen (secondary N) is 2. The minimum atomic E-state index is -1.23. The van der Waals surface area contributed by atoms with E-state index in [0.29, 0.717) is 31.3 Å². The number of carbonyl (C=O) groups is 2. The van der Waals surface area contributed by atoms with Crippen molar-refractivity contribution in [3.8, 4) is 11.1 Å². The molecule has 160 valence electrons. The standard InChI is InChI=1S/C20H24ClN5O4/c1-13(27)18(19(28)24-30)23-20(29)26-10-8-25(9-11-26)16-5-2-14(3-6-16)15-4-7-17(21)22-12-15/h2-7,12-13,18,27,30H,8-11H2,1H3,(H,23,29)(H,24,28)/t13-,18+/m0/s1. The summed E-state index contributed by atoms with van der Waals surface area (Å²) in [5, 5.41) is 21.3. The summed E-state index contributed by atoms with van der Waals surface area (Å²) in [6, 6.07) is 10.1. The van der Waals surface area contributed by atoms with E-state index in [4.69, 9.17) is 16.8 Å². The number of hydrogen-bond donors (Lipinski definition) is 4. The van der Waals surface area contributed by atoms with Crippen LogP contribution >= 0.6 is 11.6 Å². The molecule has 1 fully saturated rings. The van der Waals surface area contributed by atoms with E-state index in [-0.39, 0.29) is 0 Å². The zero-order chi connectivity index (χ0) is 21.7. The third kappa shape index (κ3) is 5.18. The van der Waals surface area contributed by atoms with Crippen molar-refractivity contribution in [3.63, 3.8) is 0 Å². The molecule has 2 aromatic rings. The lowest BCUT2D eigenvalue weighted by Crippen LogP contribution is -2.58. The molecule has 9 nitrogen and oxygen atoms in total. The molecule has 2 atom stereocenters. The first-order valence-electron chi connectivity index (χ1n) is 9.53. The Balaban J connectivity index is 1.56. The van der Waals surface area contributed by atoms with Gasteiger partial charge in [0, 0.05) is 43.6 Å². The van der Waals surface area contributed by atoms with Gasteiger partial charge in [-0.2, -0.15) is 0 Å². The molecule has 0 spiro atoms. The highest BCUT2D eigenvalue weighted by Gasteiger charge is 2.29. The minimum Gasteiger partial charge on any atom is -0.391 e. The fourth-order valence-corrected chi connectivity index (χ4v) is 3.39. The van der Waals surface area contributed by atoms with E-state index >= 15 is 0 Å². The van der Waals surface area contributed by atoms with Crippen LogP contribution in [0.15, 0.2) is 42.6 Å². The highest BCUT2D eigenvalue weighted by molar-refractivity contribution is 6.29. The third-order valence-electron chi connectivity index (χ3n) is 5.01. The molecule has 1 aromatic carbocycles. The molecule has 1 aromatic heterocycles. The largest absolute Gasteiger partial charge is 0.391 e. The first-order chi connectivity index (χ1) is 14.4. The monoisotopic (exact) mass is 433 g/mol. The second-order valence-electron chi connectivity index (χ2n) is 7.03. The fourth-order valence-electron chi connectivity index (χ4n) is 3.28. The molecule has 0 saturated carbocycles. The van der Waals surface area contributed by atoms with E-state index in [9.17, 15) is 14.7 Å². The number of aliphatic hydroxyl groups excluding tert-OH is 1. The van der Waals surface area contributed by atoms with Crippen LogP contribution in [-0.4, -0.2) is 70.5 Å². The fraction of sp³-hybridized carbons (Fsp3) is 0.350. The number of anilines is 1. The van der Waals surface area contributed by atoms with Crippen LogP contribution in [0, 0.1) is 0 Å². The summed E-state index contributed by atoms with van der Waals surface area (Å²) in [6.45, 7) is 3.54. The summed E-state index contributed by atoms with van der Waals surface area (Å²) in [7, 11) is 0. The molecule has 0 unspecified atom stereocenters. The SMILES string of the molecule is C[C@H](O)[C@@H](NC(=O)N1CCN(c2ccc(-c3ccc(Cl)nc3)cc2)CC1)C(=O)NO. The molecular weight excluding hydrogens is 410 g/mol. The van der Waals surface area contributed by atoms with Gasteiger partial charge in [0.25, 0.3) is 5.91 Å². The summed E-state index contributed by atoms with van der Waals surface area (Å²) < 4.78 is 0. The number of piperazine rings is 1. The maximum atomic E-state index is 12.4. The molecule has 1 aliphatic rings. The van der Waals surface area contributed by atoms with Gasteiger partial charge in [-0.05, 0) is 36.8 Å².